The van der Waals surface area contributed by atoms with Crippen molar-refractivity contribution in [2.24, 2.45) is 11.8 Å². The zero-order valence-corrected chi connectivity index (χ0v) is 12.6. The van der Waals surface area contributed by atoms with E-state index in [2.05, 4.69) is 0 Å². The van der Waals surface area contributed by atoms with Gasteiger partial charge in [0.25, 0.3) is 0 Å². The molecule has 2 saturated carbocycles. The van der Waals surface area contributed by atoms with E-state index in [1.54, 1.807) is 0 Å². The van der Waals surface area contributed by atoms with Crippen LogP contribution in [0.4, 0.5) is 0 Å². The summed E-state index contributed by atoms with van der Waals surface area (Å²) in [6.07, 6.45) is 3.52. The molecule has 4 nitrogen and oxygen atoms in total. The van der Waals surface area contributed by atoms with Crippen molar-refractivity contribution in [2.75, 3.05) is 19.8 Å². The monoisotopic (exact) mass is 272 g/mol. The zero-order valence-electron chi connectivity index (χ0n) is 11.6. The van der Waals surface area contributed by atoms with Crippen LogP contribution < -0.4 is 0 Å². The van der Waals surface area contributed by atoms with Crippen molar-refractivity contribution in [3.8, 4) is 0 Å². The normalized spacial score (nSPS) is 41.2. The van der Waals surface area contributed by atoms with Crippen molar-refractivity contribution in [1.82, 2.24) is 0 Å². The lowest BCUT2D eigenvalue weighted by Gasteiger charge is -2.36. The molecule has 0 aromatic heterocycles. The Hall–Kier alpha value is 0.0569. The van der Waals surface area contributed by atoms with Crippen molar-refractivity contribution in [2.45, 2.75) is 51.4 Å². The molecule has 104 valence electrons. The van der Waals surface area contributed by atoms with E-state index in [1.165, 1.54) is 12.8 Å². The molecule has 0 radical (unpaired) electrons. The van der Waals surface area contributed by atoms with E-state index < -0.39 is 8.80 Å². The molecule has 1 saturated heterocycles. The Balaban J connectivity index is 1.79. The largest absolute Gasteiger partial charge is 0.504 e. The minimum Gasteiger partial charge on any atom is -0.374 e. The molecule has 5 atom stereocenters. The second-order valence-corrected chi connectivity index (χ2v) is 8.28. The highest BCUT2D eigenvalue weighted by molar-refractivity contribution is 6.62. The van der Waals surface area contributed by atoms with Crippen LogP contribution in [0.1, 0.15) is 33.6 Å². The van der Waals surface area contributed by atoms with Crippen LogP contribution >= 0.6 is 0 Å². The molecule has 1 aliphatic heterocycles. The molecule has 0 spiro atoms. The van der Waals surface area contributed by atoms with Crippen LogP contribution in [-0.2, 0) is 18.0 Å². The number of rotatable bonds is 7. The Bertz CT molecular complexity index is 294. The summed E-state index contributed by atoms with van der Waals surface area (Å²) in [5.41, 5.74) is 0.464. The predicted molar refractivity (Wildman–Crippen MR) is 69.3 cm³/mol. The van der Waals surface area contributed by atoms with Gasteiger partial charge in [0.2, 0.25) is 0 Å². The van der Waals surface area contributed by atoms with Crippen molar-refractivity contribution < 1.29 is 18.0 Å². The molecular formula is C13H24O4Si. The molecule has 0 N–H and O–H groups in total. The van der Waals surface area contributed by atoms with Crippen LogP contribution in [0.2, 0.25) is 5.54 Å². The molecule has 0 unspecified atom stereocenters. The fourth-order valence-electron chi connectivity index (χ4n) is 4.06. The van der Waals surface area contributed by atoms with Crippen molar-refractivity contribution in [3.05, 3.63) is 0 Å². The van der Waals surface area contributed by atoms with Crippen molar-refractivity contribution >= 4 is 8.80 Å². The van der Waals surface area contributed by atoms with Gasteiger partial charge in [-0.1, -0.05) is 0 Å². The summed E-state index contributed by atoms with van der Waals surface area (Å²) in [6, 6.07) is 0. The summed E-state index contributed by atoms with van der Waals surface area (Å²) >= 11 is 0. The lowest BCUT2D eigenvalue weighted by Crippen LogP contribution is -2.52. The quantitative estimate of drug-likeness (QED) is 0.526. The molecular weight excluding hydrogens is 248 g/mol. The van der Waals surface area contributed by atoms with Gasteiger partial charge in [-0.05, 0) is 45.4 Å². The van der Waals surface area contributed by atoms with Gasteiger partial charge in [0.15, 0.2) is 0 Å². The second kappa shape index (κ2) is 4.87. The maximum atomic E-state index is 6.05. The first kappa shape index (κ1) is 13.1. The maximum absolute atomic E-state index is 6.05. The summed E-state index contributed by atoms with van der Waals surface area (Å²) in [7, 11) is -2.51. The molecule has 0 aromatic rings. The van der Waals surface area contributed by atoms with E-state index in [4.69, 9.17) is 18.0 Å². The topological polar surface area (TPSA) is 40.2 Å². The van der Waals surface area contributed by atoms with E-state index in [0.717, 1.165) is 5.92 Å². The SMILES string of the molecule is CCO[Si](OCC)(OCC)[C@H]1C[C@H]2C[C@@H]1[C@@H]1O[C@H]21. The third-order valence-corrected chi connectivity index (χ3v) is 8.23. The standard InChI is InChI=1S/C13H24O4Si/c1-4-14-18(15-5-2,16-6-3)11-8-9-7-10(11)13-12(9)17-13/h9-13H,4-8H2,1-3H3/t9-,10+,11+,12-,13+/m1/s1. The Morgan fingerprint density at radius 2 is 1.56 bits per heavy atom. The van der Waals surface area contributed by atoms with Crippen LogP contribution in [0, 0.1) is 11.8 Å². The van der Waals surface area contributed by atoms with Gasteiger partial charge in [0.1, 0.15) is 0 Å². The van der Waals surface area contributed by atoms with Gasteiger partial charge in [-0.15, -0.1) is 0 Å². The third-order valence-electron chi connectivity index (χ3n) is 4.59. The minimum absolute atomic E-state index is 0.464. The summed E-state index contributed by atoms with van der Waals surface area (Å²) in [5, 5.41) is 0. The summed E-state index contributed by atoms with van der Waals surface area (Å²) in [4.78, 5) is 0. The highest BCUT2D eigenvalue weighted by Gasteiger charge is 2.69. The van der Waals surface area contributed by atoms with Gasteiger partial charge >= 0.3 is 8.80 Å². The van der Waals surface area contributed by atoms with E-state index in [-0.39, 0.29) is 0 Å². The summed E-state index contributed by atoms with van der Waals surface area (Å²) < 4.78 is 23.9. The number of fused-ring (bicyclic) bond motifs is 5. The summed E-state index contributed by atoms with van der Waals surface area (Å²) in [6.45, 7) is 8.12. The molecule has 0 amide bonds. The van der Waals surface area contributed by atoms with Crippen LogP contribution in [0.15, 0.2) is 0 Å². The maximum Gasteiger partial charge on any atom is 0.504 e. The molecule has 5 heteroatoms. The van der Waals surface area contributed by atoms with Gasteiger partial charge in [-0.25, -0.2) is 0 Å². The Kier molecular flexibility index (Phi) is 3.53. The van der Waals surface area contributed by atoms with Gasteiger partial charge < -0.3 is 18.0 Å². The fraction of sp³-hybridized carbons (Fsp3) is 1.00. The van der Waals surface area contributed by atoms with E-state index >= 15 is 0 Å². The summed E-state index contributed by atoms with van der Waals surface area (Å²) in [5.74, 6) is 1.36. The highest BCUT2D eigenvalue weighted by atomic mass is 28.4. The Labute approximate surface area is 110 Å². The average Bonchev–Trinajstić information content (AvgIpc) is 2.95. The van der Waals surface area contributed by atoms with Gasteiger partial charge in [-0.3, -0.25) is 0 Å². The fourth-order valence-corrected chi connectivity index (χ4v) is 7.60. The molecule has 18 heavy (non-hydrogen) atoms. The third kappa shape index (κ3) is 1.88. The van der Waals surface area contributed by atoms with Gasteiger partial charge in [0, 0.05) is 25.4 Å². The highest BCUT2D eigenvalue weighted by Crippen LogP contribution is 2.63. The zero-order chi connectivity index (χ0) is 12.8. The van der Waals surface area contributed by atoms with E-state index in [1.807, 2.05) is 20.8 Å². The molecule has 2 aliphatic carbocycles. The number of epoxide rings is 1. The number of hydrogen-bond acceptors (Lipinski definition) is 4. The van der Waals surface area contributed by atoms with Crippen LogP contribution in [-0.4, -0.2) is 40.8 Å². The molecule has 2 bridgehead atoms. The number of hydrogen-bond donors (Lipinski definition) is 0. The smallest absolute Gasteiger partial charge is 0.374 e. The average molecular weight is 272 g/mol. The molecule has 3 fully saturated rings. The second-order valence-electron chi connectivity index (χ2n) is 5.47. The minimum atomic E-state index is -2.51. The Morgan fingerprint density at radius 3 is 2.00 bits per heavy atom. The Morgan fingerprint density at radius 1 is 0.944 bits per heavy atom. The van der Waals surface area contributed by atoms with Crippen LogP contribution in [0.3, 0.4) is 0 Å². The lowest BCUT2D eigenvalue weighted by molar-refractivity contribution is 0.0540. The van der Waals surface area contributed by atoms with Gasteiger partial charge in [-0.2, -0.15) is 0 Å². The molecule has 3 rings (SSSR count). The van der Waals surface area contributed by atoms with Crippen LogP contribution in [0.5, 0.6) is 0 Å². The lowest BCUT2D eigenvalue weighted by atomic mass is 10.0. The molecule has 1 heterocycles. The predicted octanol–water partition coefficient (Wildman–Crippen LogP) is 2.21. The molecule has 3 aliphatic rings. The number of ether oxygens (including phenoxy) is 1. The first-order valence-electron chi connectivity index (χ1n) is 7.33. The first-order chi connectivity index (χ1) is 8.75. The van der Waals surface area contributed by atoms with Gasteiger partial charge in [0.05, 0.1) is 12.2 Å². The first-order valence-corrected chi connectivity index (χ1v) is 9.13. The van der Waals surface area contributed by atoms with E-state index in [0.29, 0.717) is 43.5 Å². The van der Waals surface area contributed by atoms with E-state index in [9.17, 15) is 0 Å². The van der Waals surface area contributed by atoms with Crippen LogP contribution in [0.25, 0.3) is 0 Å². The van der Waals surface area contributed by atoms with Crippen molar-refractivity contribution in [1.29, 1.82) is 0 Å². The van der Waals surface area contributed by atoms with Crippen molar-refractivity contribution in [3.63, 3.8) is 0 Å². The molecule has 0 aromatic carbocycles.